The third-order valence-corrected chi connectivity index (χ3v) is 5.58. The van der Waals surface area contributed by atoms with E-state index in [0.717, 1.165) is 17.2 Å². The number of anilines is 1. The highest BCUT2D eigenvalue weighted by Crippen LogP contribution is 2.27. The van der Waals surface area contributed by atoms with Gasteiger partial charge in [0.25, 0.3) is 11.8 Å². The molecule has 0 saturated carbocycles. The smallest absolute Gasteiger partial charge is 0.262 e. The Bertz CT molecular complexity index is 1330. The summed E-state index contributed by atoms with van der Waals surface area (Å²) in [4.78, 5) is 31.5. The van der Waals surface area contributed by atoms with Crippen LogP contribution in [-0.4, -0.2) is 27.0 Å². The van der Waals surface area contributed by atoms with Crippen LogP contribution in [0.5, 0.6) is 11.5 Å². The van der Waals surface area contributed by atoms with E-state index in [9.17, 15) is 19.8 Å². The molecule has 2 amide bonds. The highest BCUT2D eigenvalue weighted by atomic mass is 35.5. The molecule has 3 N–H and O–H groups in total. The summed E-state index contributed by atoms with van der Waals surface area (Å²) in [6.45, 7) is 0.540. The minimum absolute atomic E-state index is 0.0384. The third-order valence-electron chi connectivity index (χ3n) is 5.33. The first-order valence-corrected chi connectivity index (χ1v) is 11.1. The van der Waals surface area contributed by atoms with Gasteiger partial charge in [0.05, 0.1) is 12.1 Å². The average Bonchev–Trinajstić information content (AvgIpc) is 2.87. The molecule has 8 heteroatoms. The first-order valence-electron chi connectivity index (χ1n) is 10.8. The van der Waals surface area contributed by atoms with Gasteiger partial charge in [-0.25, -0.2) is 0 Å². The zero-order chi connectivity index (χ0) is 24.8. The molecule has 1 aromatic heterocycles. The molecule has 3 aromatic carbocycles. The van der Waals surface area contributed by atoms with Gasteiger partial charge in [0.1, 0.15) is 11.5 Å². The van der Waals surface area contributed by atoms with Crippen molar-refractivity contribution in [2.75, 3.05) is 4.90 Å². The fraction of sp³-hybridized carbons (Fsp3) is 0.0741. The Hall–Kier alpha value is -4.36. The number of benzene rings is 3. The maximum Gasteiger partial charge on any atom is 0.262 e. The minimum atomic E-state index is -0.466. The van der Waals surface area contributed by atoms with E-state index in [0.29, 0.717) is 22.8 Å². The van der Waals surface area contributed by atoms with Crippen molar-refractivity contribution >= 4 is 29.1 Å². The molecular weight excluding hydrogens is 466 g/mol. The number of aromatic nitrogens is 1. The number of phenols is 2. The predicted octanol–water partition coefficient (Wildman–Crippen LogP) is 4.92. The van der Waals surface area contributed by atoms with Crippen molar-refractivity contribution in [3.8, 4) is 11.5 Å². The van der Waals surface area contributed by atoms with Crippen LogP contribution in [0.3, 0.4) is 0 Å². The number of phenolic OH excluding ortho intramolecular Hbond substituents is 2. The SMILES string of the molecule is O=C(NCc1ccc(Cl)cc1)c1ccc(N(Cc2cccnc2)C(=O)c2ccc(O)cc2O)cc1. The summed E-state index contributed by atoms with van der Waals surface area (Å²) in [6, 6.07) is 21.2. The van der Waals surface area contributed by atoms with Crippen LogP contribution >= 0.6 is 11.6 Å². The number of carbonyl (C=O) groups is 2. The summed E-state index contributed by atoms with van der Waals surface area (Å²) in [6.07, 6.45) is 3.29. The topological polar surface area (TPSA) is 103 Å². The van der Waals surface area contributed by atoms with E-state index < -0.39 is 5.91 Å². The van der Waals surface area contributed by atoms with Crippen molar-refractivity contribution in [3.05, 3.63) is 119 Å². The van der Waals surface area contributed by atoms with E-state index in [2.05, 4.69) is 10.3 Å². The monoisotopic (exact) mass is 487 g/mol. The molecule has 0 fully saturated rings. The molecule has 0 saturated heterocycles. The van der Waals surface area contributed by atoms with E-state index in [4.69, 9.17) is 11.6 Å². The number of rotatable bonds is 7. The lowest BCUT2D eigenvalue weighted by atomic mass is 10.1. The molecule has 0 aliphatic rings. The third kappa shape index (κ3) is 5.96. The number of hydrogen-bond acceptors (Lipinski definition) is 5. The van der Waals surface area contributed by atoms with E-state index in [1.165, 1.54) is 17.0 Å². The Balaban J connectivity index is 1.55. The van der Waals surface area contributed by atoms with Crippen LogP contribution in [0.2, 0.25) is 5.02 Å². The Morgan fingerprint density at radius 3 is 2.31 bits per heavy atom. The van der Waals surface area contributed by atoms with Gasteiger partial charge < -0.3 is 20.4 Å². The van der Waals surface area contributed by atoms with Crippen LogP contribution in [0.4, 0.5) is 5.69 Å². The number of nitrogens with one attached hydrogen (secondary N) is 1. The first kappa shape index (κ1) is 23.8. The van der Waals surface area contributed by atoms with Crippen LogP contribution in [0, 0.1) is 0 Å². The van der Waals surface area contributed by atoms with Crippen LogP contribution in [0.15, 0.2) is 91.3 Å². The van der Waals surface area contributed by atoms with Gasteiger partial charge in [0, 0.05) is 41.3 Å². The quantitative estimate of drug-likeness (QED) is 0.343. The number of carbonyl (C=O) groups excluding carboxylic acids is 2. The average molecular weight is 488 g/mol. The van der Waals surface area contributed by atoms with Crippen molar-refractivity contribution in [1.82, 2.24) is 10.3 Å². The van der Waals surface area contributed by atoms with E-state index in [1.807, 2.05) is 18.2 Å². The van der Waals surface area contributed by atoms with Gasteiger partial charge in [-0.1, -0.05) is 29.8 Å². The first-order chi connectivity index (χ1) is 16.9. The summed E-state index contributed by atoms with van der Waals surface area (Å²) >= 11 is 5.89. The summed E-state index contributed by atoms with van der Waals surface area (Å²) in [5.41, 5.74) is 2.70. The van der Waals surface area contributed by atoms with Crippen LogP contribution in [0.1, 0.15) is 31.8 Å². The lowest BCUT2D eigenvalue weighted by Gasteiger charge is -2.24. The van der Waals surface area contributed by atoms with Gasteiger partial charge in [0.15, 0.2) is 0 Å². The maximum atomic E-state index is 13.4. The van der Waals surface area contributed by atoms with Crippen molar-refractivity contribution < 1.29 is 19.8 Å². The summed E-state index contributed by atoms with van der Waals surface area (Å²) in [5.74, 6) is -1.20. The number of hydrogen-bond donors (Lipinski definition) is 3. The lowest BCUT2D eigenvalue weighted by molar-refractivity contribution is 0.0949. The molecule has 0 unspecified atom stereocenters. The van der Waals surface area contributed by atoms with Gasteiger partial charge in [0.2, 0.25) is 0 Å². The second-order valence-corrected chi connectivity index (χ2v) is 8.25. The molecular formula is C27H22ClN3O4. The highest BCUT2D eigenvalue weighted by molar-refractivity contribution is 6.30. The van der Waals surface area contributed by atoms with E-state index in [1.54, 1.807) is 54.9 Å². The number of pyridine rings is 1. The molecule has 35 heavy (non-hydrogen) atoms. The largest absolute Gasteiger partial charge is 0.508 e. The van der Waals surface area contributed by atoms with Crippen LogP contribution in [-0.2, 0) is 13.1 Å². The van der Waals surface area contributed by atoms with Crippen molar-refractivity contribution in [2.24, 2.45) is 0 Å². The molecule has 0 atom stereocenters. The molecule has 0 bridgehead atoms. The zero-order valence-electron chi connectivity index (χ0n) is 18.6. The Morgan fingerprint density at radius 2 is 1.66 bits per heavy atom. The number of amides is 2. The maximum absolute atomic E-state index is 13.4. The fourth-order valence-electron chi connectivity index (χ4n) is 3.48. The molecule has 4 aromatic rings. The van der Waals surface area contributed by atoms with Crippen molar-refractivity contribution in [2.45, 2.75) is 13.1 Å². The van der Waals surface area contributed by atoms with Crippen LogP contribution < -0.4 is 10.2 Å². The molecule has 0 radical (unpaired) electrons. The van der Waals surface area contributed by atoms with Gasteiger partial charge in [-0.15, -0.1) is 0 Å². The predicted molar refractivity (Wildman–Crippen MR) is 134 cm³/mol. The van der Waals surface area contributed by atoms with E-state index >= 15 is 0 Å². The molecule has 0 spiro atoms. The molecule has 1 heterocycles. The van der Waals surface area contributed by atoms with Gasteiger partial charge in [-0.2, -0.15) is 0 Å². The molecule has 176 valence electrons. The Kier molecular flexibility index (Phi) is 7.28. The van der Waals surface area contributed by atoms with Gasteiger partial charge >= 0.3 is 0 Å². The molecule has 4 rings (SSSR count). The standard InChI is InChI=1S/C27H22ClN3O4/c28-21-7-3-18(4-8-21)16-30-26(34)20-5-9-22(10-6-20)31(17-19-2-1-13-29-15-19)27(35)24-12-11-23(32)14-25(24)33/h1-15,32-33H,16-17H2,(H,30,34). The lowest BCUT2D eigenvalue weighted by Crippen LogP contribution is -2.30. The van der Waals surface area contributed by atoms with Gasteiger partial charge in [-0.3, -0.25) is 14.6 Å². The summed E-state index contributed by atoms with van der Waals surface area (Å²) in [7, 11) is 0. The number of aromatic hydroxyl groups is 2. The van der Waals surface area contributed by atoms with Gasteiger partial charge in [-0.05, 0) is 65.7 Å². The van der Waals surface area contributed by atoms with Crippen LogP contribution in [0.25, 0.3) is 0 Å². The molecule has 7 nitrogen and oxygen atoms in total. The summed E-state index contributed by atoms with van der Waals surface area (Å²) in [5, 5.41) is 23.3. The second-order valence-electron chi connectivity index (χ2n) is 7.81. The molecule has 0 aliphatic carbocycles. The number of nitrogens with zero attached hydrogens (tertiary/aromatic N) is 2. The van der Waals surface area contributed by atoms with Crippen molar-refractivity contribution in [3.63, 3.8) is 0 Å². The summed E-state index contributed by atoms with van der Waals surface area (Å²) < 4.78 is 0. The second kappa shape index (κ2) is 10.7. The minimum Gasteiger partial charge on any atom is -0.508 e. The normalized spacial score (nSPS) is 10.5. The zero-order valence-corrected chi connectivity index (χ0v) is 19.3. The van der Waals surface area contributed by atoms with Crippen molar-refractivity contribution in [1.29, 1.82) is 0 Å². The highest BCUT2D eigenvalue weighted by Gasteiger charge is 2.22. The van der Waals surface area contributed by atoms with E-state index in [-0.39, 0.29) is 29.5 Å². The Morgan fingerprint density at radius 1 is 0.914 bits per heavy atom. The molecule has 0 aliphatic heterocycles. The fourth-order valence-corrected chi connectivity index (χ4v) is 3.61. The Labute approximate surface area is 207 Å². The number of halogens is 1.